The Bertz CT molecular complexity index is 921. The van der Waals surface area contributed by atoms with Crippen molar-refractivity contribution in [2.75, 3.05) is 57.2 Å². The maximum Gasteiger partial charge on any atom is 0.241 e. The fourth-order valence-corrected chi connectivity index (χ4v) is 4.84. The van der Waals surface area contributed by atoms with Gasteiger partial charge in [-0.15, -0.1) is 0 Å². The molecule has 0 spiro atoms. The fraction of sp³-hybridized carbons (Fsp3) is 0.500. The van der Waals surface area contributed by atoms with Crippen LogP contribution >= 0.6 is 0 Å². The SMILES string of the molecule is CNc1ccc2c(c1)N(C(=O)CN1C[C@@H](C)NC[C@@H]1COC)CC2(C)c1ccccn1. The van der Waals surface area contributed by atoms with Gasteiger partial charge in [-0.25, -0.2) is 0 Å². The van der Waals surface area contributed by atoms with E-state index in [1.807, 2.05) is 30.3 Å². The smallest absolute Gasteiger partial charge is 0.241 e. The van der Waals surface area contributed by atoms with Crippen molar-refractivity contribution in [2.24, 2.45) is 0 Å². The summed E-state index contributed by atoms with van der Waals surface area (Å²) in [5, 5.41) is 6.70. The Balaban J connectivity index is 1.64. The molecule has 31 heavy (non-hydrogen) atoms. The molecule has 2 aliphatic rings. The topological polar surface area (TPSA) is 69.7 Å². The number of carbonyl (C=O) groups is 1. The molecule has 1 aromatic heterocycles. The summed E-state index contributed by atoms with van der Waals surface area (Å²) in [4.78, 5) is 22.5. The Hall–Kier alpha value is -2.48. The summed E-state index contributed by atoms with van der Waals surface area (Å²) < 4.78 is 5.41. The van der Waals surface area contributed by atoms with Gasteiger partial charge in [0.25, 0.3) is 0 Å². The van der Waals surface area contributed by atoms with Gasteiger partial charge in [0.15, 0.2) is 0 Å². The average Bonchev–Trinajstić information content (AvgIpc) is 3.09. The third-order valence-corrected chi connectivity index (χ3v) is 6.60. The number of ether oxygens (including phenoxy) is 1. The number of anilines is 2. The quantitative estimate of drug-likeness (QED) is 0.742. The summed E-state index contributed by atoms with van der Waals surface area (Å²) in [5.74, 6) is 0.115. The van der Waals surface area contributed by atoms with E-state index in [0.717, 1.165) is 35.7 Å². The van der Waals surface area contributed by atoms with Crippen LogP contribution in [0.1, 0.15) is 25.1 Å². The minimum absolute atomic E-state index is 0.115. The van der Waals surface area contributed by atoms with Crippen LogP contribution in [0.5, 0.6) is 0 Å². The van der Waals surface area contributed by atoms with E-state index in [-0.39, 0.29) is 17.4 Å². The van der Waals surface area contributed by atoms with Crippen molar-refractivity contribution in [3.05, 3.63) is 53.9 Å². The lowest BCUT2D eigenvalue weighted by Crippen LogP contribution is -2.59. The Morgan fingerprint density at radius 1 is 1.35 bits per heavy atom. The van der Waals surface area contributed by atoms with Crippen molar-refractivity contribution < 1.29 is 9.53 Å². The number of methoxy groups -OCH3 is 1. The van der Waals surface area contributed by atoms with Gasteiger partial charge in [0.05, 0.1) is 24.3 Å². The van der Waals surface area contributed by atoms with E-state index in [2.05, 4.69) is 58.6 Å². The lowest BCUT2D eigenvalue weighted by Gasteiger charge is -2.39. The first-order valence-electron chi connectivity index (χ1n) is 11.0. The maximum absolute atomic E-state index is 13.6. The molecular formula is C24H33N5O2. The van der Waals surface area contributed by atoms with E-state index < -0.39 is 0 Å². The zero-order valence-electron chi connectivity index (χ0n) is 18.9. The van der Waals surface area contributed by atoms with E-state index in [9.17, 15) is 4.79 Å². The molecule has 1 amide bonds. The molecule has 3 atom stereocenters. The van der Waals surface area contributed by atoms with Crippen LogP contribution in [0.4, 0.5) is 11.4 Å². The fourth-order valence-electron chi connectivity index (χ4n) is 4.84. The zero-order chi connectivity index (χ0) is 22.0. The minimum Gasteiger partial charge on any atom is -0.388 e. The molecule has 4 rings (SSSR count). The number of hydrogen-bond donors (Lipinski definition) is 2. The lowest BCUT2D eigenvalue weighted by atomic mass is 9.81. The van der Waals surface area contributed by atoms with Gasteiger partial charge in [0, 0.05) is 63.4 Å². The predicted molar refractivity (Wildman–Crippen MR) is 124 cm³/mol. The summed E-state index contributed by atoms with van der Waals surface area (Å²) in [6.45, 7) is 7.57. The number of nitrogens with one attached hydrogen (secondary N) is 2. The second-order valence-corrected chi connectivity index (χ2v) is 8.86. The van der Waals surface area contributed by atoms with Crippen LogP contribution in [0.25, 0.3) is 0 Å². The highest BCUT2D eigenvalue weighted by Gasteiger charge is 2.44. The van der Waals surface area contributed by atoms with Gasteiger partial charge in [0.1, 0.15) is 0 Å². The summed E-state index contributed by atoms with van der Waals surface area (Å²) in [6, 6.07) is 12.8. The van der Waals surface area contributed by atoms with Crippen LogP contribution in [0.15, 0.2) is 42.6 Å². The van der Waals surface area contributed by atoms with E-state index in [0.29, 0.717) is 25.7 Å². The zero-order valence-corrected chi connectivity index (χ0v) is 18.9. The summed E-state index contributed by atoms with van der Waals surface area (Å²) in [6.07, 6.45) is 1.82. The number of benzene rings is 1. The van der Waals surface area contributed by atoms with E-state index >= 15 is 0 Å². The van der Waals surface area contributed by atoms with E-state index in [1.54, 1.807) is 7.11 Å². The van der Waals surface area contributed by atoms with Gasteiger partial charge >= 0.3 is 0 Å². The van der Waals surface area contributed by atoms with Crippen LogP contribution < -0.4 is 15.5 Å². The third-order valence-electron chi connectivity index (χ3n) is 6.60. The van der Waals surface area contributed by atoms with Gasteiger partial charge in [-0.3, -0.25) is 14.7 Å². The molecule has 7 nitrogen and oxygen atoms in total. The first-order chi connectivity index (χ1) is 15.0. The number of aromatic nitrogens is 1. The number of nitrogens with zero attached hydrogens (tertiary/aromatic N) is 3. The van der Waals surface area contributed by atoms with Crippen molar-refractivity contribution in [1.82, 2.24) is 15.2 Å². The summed E-state index contributed by atoms with van der Waals surface area (Å²) in [7, 11) is 3.62. The van der Waals surface area contributed by atoms with Crippen LogP contribution in [-0.4, -0.2) is 74.8 Å². The molecule has 3 heterocycles. The number of amides is 1. The molecule has 0 aliphatic carbocycles. The Morgan fingerprint density at radius 2 is 2.19 bits per heavy atom. The molecular weight excluding hydrogens is 390 g/mol. The largest absolute Gasteiger partial charge is 0.388 e. The molecule has 1 unspecified atom stereocenters. The lowest BCUT2D eigenvalue weighted by molar-refractivity contribution is -0.121. The molecule has 0 saturated carbocycles. The van der Waals surface area contributed by atoms with Crippen molar-refractivity contribution in [1.29, 1.82) is 0 Å². The molecule has 166 valence electrons. The summed E-state index contributed by atoms with van der Waals surface area (Å²) in [5.41, 5.74) is 3.74. The van der Waals surface area contributed by atoms with Crippen LogP contribution in [0.2, 0.25) is 0 Å². The van der Waals surface area contributed by atoms with E-state index in [1.165, 1.54) is 0 Å². The molecule has 2 aromatic rings. The van der Waals surface area contributed by atoms with Gasteiger partial charge in [-0.2, -0.15) is 0 Å². The third kappa shape index (κ3) is 4.18. The highest BCUT2D eigenvalue weighted by atomic mass is 16.5. The van der Waals surface area contributed by atoms with Crippen molar-refractivity contribution in [2.45, 2.75) is 31.3 Å². The number of carbonyl (C=O) groups excluding carboxylic acids is 1. The second-order valence-electron chi connectivity index (χ2n) is 8.86. The number of hydrogen-bond acceptors (Lipinski definition) is 6. The van der Waals surface area contributed by atoms with Gasteiger partial charge in [-0.05, 0) is 43.7 Å². The van der Waals surface area contributed by atoms with Crippen LogP contribution in [-0.2, 0) is 14.9 Å². The first-order valence-corrected chi connectivity index (χ1v) is 11.0. The average molecular weight is 424 g/mol. The van der Waals surface area contributed by atoms with Crippen LogP contribution in [0.3, 0.4) is 0 Å². The Labute approximate surface area is 184 Å². The maximum atomic E-state index is 13.6. The van der Waals surface area contributed by atoms with Gasteiger partial charge in [-0.1, -0.05) is 12.1 Å². The Morgan fingerprint density at radius 3 is 2.90 bits per heavy atom. The summed E-state index contributed by atoms with van der Waals surface area (Å²) >= 11 is 0. The number of pyridine rings is 1. The molecule has 2 N–H and O–H groups in total. The predicted octanol–water partition coefficient (Wildman–Crippen LogP) is 2.08. The highest BCUT2D eigenvalue weighted by Crippen LogP contribution is 2.45. The van der Waals surface area contributed by atoms with Gasteiger partial charge < -0.3 is 20.3 Å². The molecule has 0 bridgehead atoms. The van der Waals surface area contributed by atoms with Crippen molar-refractivity contribution in [3.63, 3.8) is 0 Å². The van der Waals surface area contributed by atoms with Gasteiger partial charge in [0.2, 0.25) is 5.91 Å². The number of piperazine rings is 1. The molecule has 7 heteroatoms. The highest BCUT2D eigenvalue weighted by molar-refractivity contribution is 5.98. The van der Waals surface area contributed by atoms with E-state index in [4.69, 9.17) is 4.74 Å². The monoisotopic (exact) mass is 423 g/mol. The number of fused-ring (bicyclic) bond motifs is 1. The standard InChI is InChI=1S/C24H33N5O2/c1-17-13-28(19(12-27-17)15-31-4)14-23(30)29-16-24(2,22-7-5-6-10-26-22)20-9-8-18(25-3)11-21(20)29/h5-11,17,19,25,27H,12-16H2,1-4H3/t17-,19-,24?/m1/s1. The van der Waals surface area contributed by atoms with Crippen molar-refractivity contribution in [3.8, 4) is 0 Å². The molecule has 2 aliphatic heterocycles. The van der Waals surface area contributed by atoms with Crippen LogP contribution in [0, 0.1) is 0 Å². The number of rotatable bonds is 6. The first kappa shape index (κ1) is 21.7. The van der Waals surface area contributed by atoms with Crippen molar-refractivity contribution >= 4 is 17.3 Å². The molecule has 0 radical (unpaired) electrons. The second kappa shape index (κ2) is 8.94. The molecule has 1 saturated heterocycles. The molecule has 1 aromatic carbocycles. The normalized spacial score (nSPS) is 26.0. The minimum atomic E-state index is -0.346. The Kier molecular flexibility index (Phi) is 6.27. The molecule has 1 fully saturated rings.